The van der Waals surface area contributed by atoms with Gasteiger partial charge in [-0.1, -0.05) is 30.3 Å². The number of anilines is 1. The van der Waals surface area contributed by atoms with Crippen LogP contribution in [0.15, 0.2) is 70.3 Å². The molecule has 6 nitrogen and oxygen atoms in total. The van der Waals surface area contributed by atoms with Crippen molar-refractivity contribution in [1.29, 1.82) is 0 Å². The van der Waals surface area contributed by atoms with Crippen molar-refractivity contribution in [3.8, 4) is 11.1 Å². The summed E-state index contributed by atoms with van der Waals surface area (Å²) in [6.45, 7) is 0. The van der Waals surface area contributed by atoms with Crippen molar-refractivity contribution in [1.82, 2.24) is 4.98 Å². The van der Waals surface area contributed by atoms with E-state index >= 15 is 0 Å². The second kappa shape index (κ2) is 8.49. The van der Waals surface area contributed by atoms with E-state index in [1.807, 2.05) is 0 Å². The Bertz CT molecular complexity index is 1430. The monoisotopic (exact) mass is 492 g/mol. The summed E-state index contributed by atoms with van der Waals surface area (Å²) in [5, 5.41) is 2.06. The van der Waals surface area contributed by atoms with Crippen molar-refractivity contribution in [3.05, 3.63) is 77.3 Å². The Morgan fingerprint density at radius 3 is 2.39 bits per heavy atom. The van der Waals surface area contributed by atoms with Crippen LogP contribution in [0.2, 0.25) is 0 Å². The standard InChI is InChI=1S/C22H15F3N2O4S2/c1-31-21(28)18-12-16(13-7-9-14(10-8-13)22(23,24)25)15-4-2-5-17(20(15)26-18)27-33(29,30)19-6-3-11-32-19/h2-12,27H,1H3. The van der Waals surface area contributed by atoms with Crippen LogP contribution in [0.1, 0.15) is 16.1 Å². The molecule has 0 aliphatic rings. The molecule has 0 unspecified atom stereocenters. The maximum atomic E-state index is 13.0. The van der Waals surface area contributed by atoms with E-state index in [0.29, 0.717) is 16.5 Å². The molecule has 4 aromatic rings. The number of sulfonamides is 1. The van der Waals surface area contributed by atoms with Crippen LogP contribution in [0, 0.1) is 0 Å². The molecule has 0 fully saturated rings. The minimum Gasteiger partial charge on any atom is -0.464 e. The normalized spacial score (nSPS) is 12.0. The Morgan fingerprint density at radius 2 is 1.79 bits per heavy atom. The lowest BCUT2D eigenvalue weighted by molar-refractivity contribution is -0.137. The Balaban J connectivity index is 1.91. The zero-order valence-electron chi connectivity index (χ0n) is 16.9. The van der Waals surface area contributed by atoms with E-state index in [-0.39, 0.29) is 21.1 Å². The summed E-state index contributed by atoms with van der Waals surface area (Å²) in [5.41, 5.74) is 0.102. The lowest BCUT2D eigenvalue weighted by atomic mass is 9.98. The molecule has 2 aromatic heterocycles. The van der Waals surface area contributed by atoms with E-state index < -0.39 is 27.7 Å². The number of aromatic nitrogens is 1. The number of benzene rings is 2. The molecule has 0 aliphatic carbocycles. The van der Waals surface area contributed by atoms with Crippen LogP contribution in [0.4, 0.5) is 18.9 Å². The van der Waals surface area contributed by atoms with Crippen molar-refractivity contribution in [2.24, 2.45) is 0 Å². The van der Waals surface area contributed by atoms with Gasteiger partial charge in [0.1, 0.15) is 9.90 Å². The molecular weight excluding hydrogens is 477 g/mol. The van der Waals surface area contributed by atoms with Crippen LogP contribution in [-0.2, 0) is 20.9 Å². The van der Waals surface area contributed by atoms with Crippen LogP contribution in [0.25, 0.3) is 22.0 Å². The molecule has 0 spiro atoms. The first-order valence-corrected chi connectivity index (χ1v) is 11.7. The molecular formula is C22H15F3N2O4S2. The number of nitrogens with one attached hydrogen (secondary N) is 1. The quantitative estimate of drug-likeness (QED) is 0.368. The van der Waals surface area contributed by atoms with Crippen LogP contribution in [0.5, 0.6) is 0 Å². The fourth-order valence-corrected chi connectivity index (χ4v) is 5.29. The maximum Gasteiger partial charge on any atom is 0.416 e. The van der Waals surface area contributed by atoms with E-state index in [4.69, 9.17) is 4.74 Å². The van der Waals surface area contributed by atoms with Gasteiger partial charge in [-0.15, -0.1) is 11.3 Å². The number of hydrogen-bond donors (Lipinski definition) is 1. The fourth-order valence-electron chi connectivity index (χ4n) is 3.23. The smallest absolute Gasteiger partial charge is 0.416 e. The first kappa shape index (κ1) is 22.7. The largest absolute Gasteiger partial charge is 0.464 e. The highest BCUT2D eigenvalue weighted by Gasteiger charge is 2.30. The van der Waals surface area contributed by atoms with Crippen molar-refractivity contribution in [3.63, 3.8) is 0 Å². The Morgan fingerprint density at radius 1 is 1.06 bits per heavy atom. The number of thiophene rings is 1. The summed E-state index contributed by atoms with van der Waals surface area (Å²) in [6, 6.07) is 13.6. The number of halogens is 3. The SMILES string of the molecule is COC(=O)c1cc(-c2ccc(C(F)(F)F)cc2)c2cccc(NS(=O)(=O)c3cccs3)c2n1. The Labute approximate surface area is 190 Å². The Kier molecular flexibility index (Phi) is 5.85. The van der Waals surface area contributed by atoms with Crippen LogP contribution >= 0.6 is 11.3 Å². The second-order valence-corrected chi connectivity index (χ2v) is 9.72. The highest BCUT2D eigenvalue weighted by atomic mass is 32.2. The number of para-hydroxylation sites is 1. The van der Waals surface area contributed by atoms with Gasteiger partial charge in [0.2, 0.25) is 0 Å². The lowest BCUT2D eigenvalue weighted by Crippen LogP contribution is -2.13. The molecule has 0 saturated carbocycles. The van der Waals surface area contributed by atoms with Crippen molar-refractivity contribution in [2.75, 3.05) is 11.8 Å². The van der Waals surface area contributed by atoms with Gasteiger partial charge in [-0.25, -0.2) is 18.2 Å². The second-order valence-electron chi connectivity index (χ2n) is 6.86. The fraction of sp³-hybridized carbons (Fsp3) is 0.0909. The highest BCUT2D eigenvalue weighted by molar-refractivity contribution is 7.94. The third-order valence-corrected chi connectivity index (χ3v) is 7.52. The number of nitrogens with zero attached hydrogens (tertiary/aromatic N) is 1. The number of ether oxygens (including phenoxy) is 1. The van der Waals surface area contributed by atoms with Crippen molar-refractivity contribution in [2.45, 2.75) is 10.4 Å². The van der Waals surface area contributed by atoms with Crippen LogP contribution < -0.4 is 4.72 Å². The molecule has 33 heavy (non-hydrogen) atoms. The highest BCUT2D eigenvalue weighted by Crippen LogP contribution is 2.36. The molecule has 4 rings (SSSR count). The lowest BCUT2D eigenvalue weighted by Gasteiger charge is -2.14. The summed E-state index contributed by atoms with van der Waals surface area (Å²) < 4.78 is 71.7. The molecule has 0 radical (unpaired) electrons. The zero-order chi connectivity index (χ0) is 23.8. The molecule has 0 bridgehead atoms. The average molecular weight is 493 g/mol. The summed E-state index contributed by atoms with van der Waals surface area (Å²) in [6.07, 6.45) is -4.50. The van der Waals surface area contributed by atoms with E-state index in [2.05, 4.69) is 9.71 Å². The third-order valence-electron chi connectivity index (χ3n) is 4.76. The van der Waals surface area contributed by atoms with Gasteiger partial charge in [-0.05, 0) is 46.8 Å². The van der Waals surface area contributed by atoms with Crippen LogP contribution in [0.3, 0.4) is 0 Å². The molecule has 0 saturated heterocycles. The molecule has 2 heterocycles. The Hall–Kier alpha value is -3.44. The number of alkyl halides is 3. The van der Waals surface area contributed by atoms with Crippen molar-refractivity contribution >= 4 is 43.9 Å². The predicted octanol–water partition coefficient (Wildman–Crippen LogP) is 5.57. The van der Waals surface area contributed by atoms with Crippen LogP contribution in [-0.4, -0.2) is 26.5 Å². The molecule has 11 heteroatoms. The summed E-state index contributed by atoms with van der Waals surface area (Å²) in [7, 11) is -2.75. The van der Waals surface area contributed by atoms with Gasteiger partial charge >= 0.3 is 12.1 Å². The van der Waals surface area contributed by atoms with Gasteiger partial charge in [0, 0.05) is 5.39 Å². The maximum absolute atomic E-state index is 13.0. The number of carbonyl (C=O) groups excluding carboxylic acids is 1. The minimum absolute atomic E-state index is 0.0894. The number of rotatable bonds is 5. The average Bonchev–Trinajstić information content (AvgIpc) is 3.34. The number of hydrogen-bond acceptors (Lipinski definition) is 6. The first-order chi connectivity index (χ1) is 15.6. The van der Waals surface area contributed by atoms with E-state index in [1.54, 1.807) is 23.6 Å². The molecule has 1 N–H and O–H groups in total. The van der Waals surface area contributed by atoms with Gasteiger partial charge in [0.05, 0.1) is 23.9 Å². The van der Waals surface area contributed by atoms with E-state index in [1.165, 1.54) is 30.3 Å². The number of carbonyl (C=O) groups is 1. The zero-order valence-corrected chi connectivity index (χ0v) is 18.5. The van der Waals surface area contributed by atoms with Gasteiger partial charge < -0.3 is 4.74 Å². The summed E-state index contributed by atoms with van der Waals surface area (Å²) in [4.78, 5) is 16.5. The molecule has 0 amide bonds. The first-order valence-electron chi connectivity index (χ1n) is 9.36. The number of pyridine rings is 1. The van der Waals surface area contributed by atoms with Gasteiger partial charge in [0.25, 0.3) is 10.0 Å². The number of esters is 1. The van der Waals surface area contributed by atoms with E-state index in [9.17, 15) is 26.4 Å². The molecule has 170 valence electrons. The van der Waals surface area contributed by atoms with Gasteiger partial charge in [-0.3, -0.25) is 4.72 Å². The third kappa shape index (κ3) is 4.55. The molecule has 2 aromatic carbocycles. The minimum atomic E-state index is -4.50. The topological polar surface area (TPSA) is 85.4 Å². The molecule has 0 atom stereocenters. The van der Waals surface area contributed by atoms with Gasteiger partial charge in [-0.2, -0.15) is 13.2 Å². The number of fused-ring (bicyclic) bond motifs is 1. The molecule has 0 aliphatic heterocycles. The summed E-state index contributed by atoms with van der Waals surface area (Å²) in [5.74, 6) is -0.777. The van der Waals surface area contributed by atoms with E-state index in [0.717, 1.165) is 30.6 Å². The summed E-state index contributed by atoms with van der Waals surface area (Å²) >= 11 is 1.03. The number of methoxy groups -OCH3 is 1. The van der Waals surface area contributed by atoms with Gasteiger partial charge in [0.15, 0.2) is 0 Å². The predicted molar refractivity (Wildman–Crippen MR) is 119 cm³/mol. The van der Waals surface area contributed by atoms with Crippen molar-refractivity contribution < 1.29 is 31.1 Å².